The summed E-state index contributed by atoms with van der Waals surface area (Å²) in [6.45, 7) is 5.73. The van der Waals surface area contributed by atoms with Gasteiger partial charge in [-0.3, -0.25) is 0 Å². The van der Waals surface area contributed by atoms with Crippen LogP contribution in [-0.4, -0.2) is 50.1 Å². The molecule has 1 fully saturated rings. The topological polar surface area (TPSA) is 102 Å². The van der Waals surface area contributed by atoms with Gasteiger partial charge in [0, 0.05) is 24.3 Å². The highest BCUT2D eigenvalue weighted by molar-refractivity contribution is 14.0. The van der Waals surface area contributed by atoms with Crippen molar-refractivity contribution in [3.05, 3.63) is 48.2 Å². The minimum Gasteiger partial charge on any atom is -0.494 e. The van der Waals surface area contributed by atoms with Gasteiger partial charge in [-0.25, -0.2) is 18.4 Å². The molecule has 1 aliphatic rings. The number of sulfone groups is 1. The predicted octanol–water partition coefficient (Wildman–Crippen LogP) is 3.52. The number of pyridine rings is 1. The summed E-state index contributed by atoms with van der Waals surface area (Å²) in [6.07, 6.45) is 3.22. The summed E-state index contributed by atoms with van der Waals surface area (Å²) < 4.78 is 35.0. The normalized spacial score (nSPS) is 17.3. The van der Waals surface area contributed by atoms with Crippen LogP contribution in [0.1, 0.15) is 32.3 Å². The van der Waals surface area contributed by atoms with Gasteiger partial charge in [-0.1, -0.05) is 13.0 Å². The fourth-order valence-corrected chi connectivity index (χ4v) is 4.83. The molecular formula is C22H31IN4O4S. The fraction of sp³-hybridized carbons (Fsp3) is 0.455. The highest BCUT2D eigenvalue weighted by Crippen LogP contribution is 2.25. The average Bonchev–Trinajstić information content (AvgIpc) is 3.10. The van der Waals surface area contributed by atoms with Crippen LogP contribution < -0.4 is 20.1 Å². The second-order valence-electron chi connectivity index (χ2n) is 7.33. The van der Waals surface area contributed by atoms with Gasteiger partial charge in [0.25, 0.3) is 0 Å². The molecule has 176 valence electrons. The second kappa shape index (κ2) is 12.8. The molecule has 1 saturated heterocycles. The van der Waals surface area contributed by atoms with Gasteiger partial charge in [-0.05, 0) is 50.1 Å². The molecule has 1 aromatic carbocycles. The monoisotopic (exact) mass is 574 g/mol. The van der Waals surface area contributed by atoms with Crippen molar-refractivity contribution in [2.75, 3.05) is 24.7 Å². The molecule has 3 rings (SSSR count). The molecule has 1 atom stereocenters. The molecule has 1 aromatic heterocycles. The predicted molar refractivity (Wildman–Crippen MR) is 137 cm³/mol. The smallest absolute Gasteiger partial charge is 0.224 e. The number of rotatable bonds is 9. The molecule has 1 aliphatic heterocycles. The van der Waals surface area contributed by atoms with Crippen LogP contribution >= 0.6 is 24.0 Å². The molecule has 0 amide bonds. The average molecular weight is 574 g/mol. The van der Waals surface area contributed by atoms with Crippen LogP contribution in [0.2, 0.25) is 0 Å². The van der Waals surface area contributed by atoms with E-state index in [2.05, 4.69) is 27.5 Å². The third kappa shape index (κ3) is 8.12. The van der Waals surface area contributed by atoms with Crippen LogP contribution in [0.25, 0.3) is 0 Å². The van der Waals surface area contributed by atoms with Crippen LogP contribution in [0.15, 0.2) is 47.6 Å². The number of nitrogens with zero attached hydrogens (tertiary/aromatic N) is 2. The third-order valence-electron chi connectivity index (χ3n) is 4.69. The molecule has 2 heterocycles. The summed E-state index contributed by atoms with van der Waals surface area (Å²) >= 11 is 0. The van der Waals surface area contributed by atoms with Crippen molar-refractivity contribution in [1.29, 1.82) is 0 Å². The Hall–Kier alpha value is -2.08. The summed E-state index contributed by atoms with van der Waals surface area (Å²) in [5.41, 5.74) is 0.824. The van der Waals surface area contributed by atoms with Crippen molar-refractivity contribution in [2.24, 2.45) is 4.99 Å². The number of ether oxygens (including phenoxy) is 2. The van der Waals surface area contributed by atoms with Crippen molar-refractivity contribution in [1.82, 2.24) is 15.6 Å². The molecule has 32 heavy (non-hydrogen) atoms. The number of guanidine groups is 1. The van der Waals surface area contributed by atoms with Gasteiger partial charge in [0.1, 0.15) is 11.5 Å². The quantitative estimate of drug-likeness (QED) is 0.269. The van der Waals surface area contributed by atoms with Gasteiger partial charge in [-0.15, -0.1) is 24.0 Å². The molecule has 2 N–H and O–H groups in total. The lowest BCUT2D eigenvalue weighted by molar-refractivity contribution is 0.317. The maximum absolute atomic E-state index is 11.7. The van der Waals surface area contributed by atoms with Gasteiger partial charge >= 0.3 is 0 Å². The summed E-state index contributed by atoms with van der Waals surface area (Å²) in [5, 5.41) is 6.39. The van der Waals surface area contributed by atoms with E-state index < -0.39 is 9.84 Å². The largest absolute Gasteiger partial charge is 0.494 e. The number of halogens is 1. The first-order valence-corrected chi connectivity index (χ1v) is 12.4. The van der Waals surface area contributed by atoms with E-state index in [1.807, 2.05) is 43.3 Å². The minimum absolute atomic E-state index is 0. The molecule has 8 nitrogen and oxygen atoms in total. The number of aromatic nitrogens is 1. The summed E-state index contributed by atoms with van der Waals surface area (Å²) in [4.78, 5) is 8.95. The summed E-state index contributed by atoms with van der Waals surface area (Å²) in [7, 11) is -2.96. The highest BCUT2D eigenvalue weighted by Gasteiger charge is 2.28. The lowest BCUT2D eigenvalue weighted by atomic mass is 10.2. The SMILES string of the molecule is CCCOc1ccc(Oc2ncccc2CN=C(NCC)NC2CCS(=O)(=O)C2)cc1.I. The van der Waals surface area contributed by atoms with Crippen LogP contribution in [0.3, 0.4) is 0 Å². The number of nitrogens with one attached hydrogen (secondary N) is 2. The van der Waals surface area contributed by atoms with Crippen LogP contribution in [0, 0.1) is 0 Å². The van der Waals surface area contributed by atoms with Crippen molar-refractivity contribution >= 4 is 39.8 Å². The van der Waals surface area contributed by atoms with E-state index >= 15 is 0 Å². The molecule has 10 heteroatoms. The van der Waals surface area contributed by atoms with E-state index in [1.54, 1.807) is 6.20 Å². The molecule has 1 unspecified atom stereocenters. The molecule has 0 aliphatic carbocycles. The highest BCUT2D eigenvalue weighted by atomic mass is 127. The van der Waals surface area contributed by atoms with Crippen LogP contribution in [0.4, 0.5) is 0 Å². The molecule has 2 aromatic rings. The molecule has 0 radical (unpaired) electrons. The van der Waals surface area contributed by atoms with Crippen molar-refractivity contribution in [2.45, 2.75) is 39.3 Å². The molecular weight excluding hydrogens is 543 g/mol. The minimum atomic E-state index is -2.96. The maximum Gasteiger partial charge on any atom is 0.224 e. The Kier molecular flexibility index (Phi) is 10.5. The first-order valence-electron chi connectivity index (χ1n) is 10.6. The van der Waals surface area contributed by atoms with Crippen molar-refractivity contribution < 1.29 is 17.9 Å². The second-order valence-corrected chi connectivity index (χ2v) is 9.56. The van der Waals surface area contributed by atoms with E-state index in [4.69, 9.17) is 9.47 Å². The van der Waals surface area contributed by atoms with Gasteiger partial charge in [0.15, 0.2) is 15.8 Å². The maximum atomic E-state index is 11.7. The number of hydrogen-bond donors (Lipinski definition) is 2. The van der Waals surface area contributed by atoms with Gasteiger partial charge < -0.3 is 20.1 Å². The zero-order chi connectivity index (χ0) is 22.1. The van der Waals surface area contributed by atoms with Crippen LogP contribution in [-0.2, 0) is 16.4 Å². The number of aliphatic imine (C=N–C) groups is 1. The van der Waals surface area contributed by atoms with Crippen molar-refractivity contribution in [3.8, 4) is 17.4 Å². The first-order chi connectivity index (χ1) is 15.0. The van der Waals surface area contributed by atoms with E-state index in [-0.39, 0.29) is 41.5 Å². The summed E-state index contributed by atoms with van der Waals surface area (Å²) in [5.74, 6) is 2.87. The molecule has 0 saturated carbocycles. The Bertz CT molecular complexity index is 984. The Balaban J connectivity index is 0.00000363. The lowest BCUT2D eigenvalue weighted by Gasteiger charge is -2.16. The van der Waals surface area contributed by atoms with E-state index in [1.165, 1.54) is 0 Å². The Morgan fingerprint density at radius 3 is 2.59 bits per heavy atom. The third-order valence-corrected chi connectivity index (χ3v) is 6.45. The molecule has 0 spiro atoms. The van der Waals surface area contributed by atoms with Gasteiger partial charge in [-0.2, -0.15) is 0 Å². The summed E-state index contributed by atoms with van der Waals surface area (Å²) in [6, 6.07) is 11.1. The van der Waals surface area contributed by atoms with E-state index in [0.29, 0.717) is 43.7 Å². The Morgan fingerprint density at radius 2 is 1.94 bits per heavy atom. The zero-order valence-corrected chi connectivity index (χ0v) is 21.6. The molecule has 0 bridgehead atoms. The fourth-order valence-electron chi connectivity index (χ4n) is 3.16. The number of hydrogen-bond acceptors (Lipinski definition) is 6. The first kappa shape index (κ1) is 26.2. The van der Waals surface area contributed by atoms with Crippen LogP contribution in [0.5, 0.6) is 17.4 Å². The Morgan fingerprint density at radius 1 is 1.19 bits per heavy atom. The van der Waals surface area contributed by atoms with E-state index in [0.717, 1.165) is 17.7 Å². The van der Waals surface area contributed by atoms with Crippen molar-refractivity contribution in [3.63, 3.8) is 0 Å². The standard InChI is InChI=1S/C22H30N4O4S.HI/c1-3-13-29-19-7-9-20(10-8-19)30-21-17(6-5-12-24-21)15-25-22(23-4-2)26-18-11-14-31(27,28)16-18;/h5-10,12,18H,3-4,11,13-16H2,1-2H3,(H2,23,25,26);1H. The number of benzene rings is 1. The Labute approximate surface area is 207 Å². The van der Waals surface area contributed by atoms with E-state index in [9.17, 15) is 8.42 Å². The lowest BCUT2D eigenvalue weighted by Crippen LogP contribution is -2.44. The van der Waals surface area contributed by atoms with Gasteiger partial charge in [0.2, 0.25) is 5.88 Å². The zero-order valence-electron chi connectivity index (χ0n) is 18.4. The van der Waals surface area contributed by atoms with Gasteiger partial charge in [0.05, 0.1) is 24.7 Å².